The van der Waals surface area contributed by atoms with Crippen molar-refractivity contribution in [2.75, 3.05) is 0 Å². The third kappa shape index (κ3) is 1.62. The Labute approximate surface area is 74.0 Å². The van der Waals surface area contributed by atoms with Crippen LogP contribution in [0.5, 0.6) is 0 Å². The van der Waals surface area contributed by atoms with Crippen molar-refractivity contribution in [3.63, 3.8) is 0 Å². The fraction of sp³-hybridized carbons (Fsp3) is 0.900. The molecule has 1 N–H and O–H groups in total. The van der Waals surface area contributed by atoms with E-state index in [0.717, 1.165) is 0 Å². The van der Waals surface area contributed by atoms with Crippen LogP contribution in [0.4, 0.5) is 0 Å². The molecular weight excluding hydrogens is 152 g/mol. The minimum absolute atomic E-state index is 0.197. The van der Waals surface area contributed by atoms with Crippen molar-refractivity contribution >= 4 is 5.97 Å². The Morgan fingerprint density at radius 2 is 1.92 bits per heavy atom. The Bertz CT molecular complexity index is 196. The first-order valence-corrected chi connectivity index (χ1v) is 4.59. The predicted molar refractivity (Wildman–Crippen MR) is 47.9 cm³/mol. The van der Waals surface area contributed by atoms with Gasteiger partial charge in [-0.3, -0.25) is 4.79 Å². The van der Waals surface area contributed by atoms with Gasteiger partial charge in [-0.2, -0.15) is 0 Å². The molecule has 0 aromatic rings. The Balaban J connectivity index is 2.50. The topological polar surface area (TPSA) is 37.3 Å². The molecule has 12 heavy (non-hydrogen) atoms. The van der Waals surface area contributed by atoms with E-state index in [4.69, 9.17) is 5.11 Å². The number of rotatable bonds is 3. The van der Waals surface area contributed by atoms with Gasteiger partial charge in [-0.25, -0.2) is 0 Å². The molecule has 1 saturated carbocycles. The molecule has 0 amide bonds. The fourth-order valence-corrected chi connectivity index (χ4v) is 1.98. The first kappa shape index (κ1) is 9.56. The van der Waals surface area contributed by atoms with Gasteiger partial charge in [0.25, 0.3) is 0 Å². The standard InChI is InChI=1S/C10H18O2/c1-6(7(2)9(11)12)8-5-10(8,3)4/h6-8H,5H2,1-4H3,(H,11,12). The van der Waals surface area contributed by atoms with Crippen molar-refractivity contribution in [1.29, 1.82) is 0 Å². The number of hydrogen-bond acceptors (Lipinski definition) is 1. The van der Waals surface area contributed by atoms with Crippen molar-refractivity contribution in [2.24, 2.45) is 23.2 Å². The predicted octanol–water partition coefficient (Wildman–Crippen LogP) is 2.39. The minimum Gasteiger partial charge on any atom is -0.481 e. The summed E-state index contributed by atoms with van der Waals surface area (Å²) in [5.41, 5.74) is 0.392. The molecule has 2 heteroatoms. The highest BCUT2D eigenvalue weighted by molar-refractivity contribution is 5.69. The van der Waals surface area contributed by atoms with Crippen molar-refractivity contribution in [1.82, 2.24) is 0 Å². The average Bonchev–Trinajstić information content (AvgIpc) is 2.56. The van der Waals surface area contributed by atoms with E-state index in [0.29, 0.717) is 17.3 Å². The minimum atomic E-state index is -0.662. The van der Waals surface area contributed by atoms with Gasteiger partial charge in [0.1, 0.15) is 0 Å². The van der Waals surface area contributed by atoms with Crippen LogP contribution in [0.25, 0.3) is 0 Å². The zero-order valence-corrected chi connectivity index (χ0v) is 8.29. The summed E-state index contributed by atoms with van der Waals surface area (Å²) >= 11 is 0. The zero-order chi connectivity index (χ0) is 9.52. The molecule has 3 unspecified atom stereocenters. The molecule has 0 saturated heterocycles. The van der Waals surface area contributed by atoms with Crippen LogP contribution in [0.15, 0.2) is 0 Å². The molecule has 0 spiro atoms. The second-order valence-corrected chi connectivity index (χ2v) is 4.79. The normalized spacial score (nSPS) is 30.8. The molecule has 0 bridgehead atoms. The lowest BCUT2D eigenvalue weighted by atomic mass is 9.88. The van der Waals surface area contributed by atoms with Gasteiger partial charge >= 0.3 is 5.97 Å². The molecule has 1 aliphatic carbocycles. The second kappa shape index (κ2) is 2.75. The molecule has 1 fully saturated rings. The lowest BCUT2D eigenvalue weighted by Crippen LogP contribution is -2.21. The Morgan fingerprint density at radius 3 is 2.17 bits per heavy atom. The van der Waals surface area contributed by atoms with Gasteiger partial charge in [-0.05, 0) is 23.7 Å². The lowest BCUT2D eigenvalue weighted by molar-refractivity contribution is -0.143. The van der Waals surface area contributed by atoms with Crippen molar-refractivity contribution in [3.05, 3.63) is 0 Å². The molecule has 0 radical (unpaired) electrons. The summed E-state index contributed by atoms with van der Waals surface area (Å²) in [6, 6.07) is 0. The van der Waals surface area contributed by atoms with E-state index in [9.17, 15) is 4.79 Å². The van der Waals surface area contributed by atoms with Gasteiger partial charge in [0.05, 0.1) is 5.92 Å². The lowest BCUT2D eigenvalue weighted by Gasteiger charge is -2.17. The maximum Gasteiger partial charge on any atom is 0.306 e. The highest BCUT2D eigenvalue weighted by Gasteiger charge is 2.50. The van der Waals surface area contributed by atoms with Crippen LogP contribution in [-0.2, 0) is 4.79 Å². The van der Waals surface area contributed by atoms with Crippen LogP contribution in [-0.4, -0.2) is 11.1 Å². The smallest absolute Gasteiger partial charge is 0.306 e. The van der Waals surface area contributed by atoms with Gasteiger partial charge in [0.15, 0.2) is 0 Å². The summed E-state index contributed by atoms with van der Waals surface area (Å²) in [7, 11) is 0. The van der Waals surface area contributed by atoms with E-state index in [1.807, 2.05) is 0 Å². The van der Waals surface area contributed by atoms with E-state index in [1.165, 1.54) is 6.42 Å². The Hall–Kier alpha value is -0.530. The molecule has 0 aromatic heterocycles. The summed E-state index contributed by atoms with van der Waals surface area (Å²) in [5, 5.41) is 8.80. The van der Waals surface area contributed by atoms with Crippen LogP contribution >= 0.6 is 0 Å². The average molecular weight is 170 g/mol. The molecular formula is C10H18O2. The molecule has 1 aliphatic rings. The number of carbonyl (C=O) groups is 1. The summed E-state index contributed by atoms with van der Waals surface area (Å²) in [4.78, 5) is 10.7. The van der Waals surface area contributed by atoms with Crippen LogP contribution in [0, 0.1) is 23.2 Å². The Morgan fingerprint density at radius 1 is 1.50 bits per heavy atom. The maximum atomic E-state index is 10.7. The quantitative estimate of drug-likeness (QED) is 0.706. The van der Waals surface area contributed by atoms with E-state index in [-0.39, 0.29) is 5.92 Å². The van der Waals surface area contributed by atoms with E-state index >= 15 is 0 Å². The molecule has 0 aliphatic heterocycles. The molecule has 1 rings (SSSR count). The van der Waals surface area contributed by atoms with Crippen LogP contribution < -0.4 is 0 Å². The summed E-state index contributed by atoms with van der Waals surface area (Å²) < 4.78 is 0. The van der Waals surface area contributed by atoms with Crippen LogP contribution in [0.1, 0.15) is 34.1 Å². The highest BCUT2D eigenvalue weighted by Crippen LogP contribution is 2.57. The van der Waals surface area contributed by atoms with Gasteiger partial charge in [0.2, 0.25) is 0 Å². The van der Waals surface area contributed by atoms with Gasteiger partial charge in [-0.1, -0.05) is 27.7 Å². The second-order valence-electron chi connectivity index (χ2n) is 4.79. The van der Waals surface area contributed by atoms with Crippen molar-refractivity contribution in [2.45, 2.75) is 34.1 Å². The Kier molecular flexibility index (Phi) is 2.19. The first-order valence-electron chi connectivity index (χ1n) is 4.59. The van der Waals surface area contributed by atoms with E-state index < -0.39 is 5.97 Å². The number of carboxylic acid groups (broad SMARTS) is 1. The maximum absolute atomic E-state index is 10.7. The largest absolute Gasteiger partial charge is 0.481 e. The third-order valence-corrected chi connectivity index (χ3v) is 3.40. The van der Waals surface area contributed by atoms with Crippen molar-refractivity contribution in [3.8, 4) is 0 Å². The van der Waals surface area contributed by atoms with Gasteiger partial charge in [0, 0.05) is 0 Å². The summed E-state index contributed by atoms with van der Waals surface area (Å²) in [6.07, 6.45) is 1.19. The van der Waals surface area contributed by atoms with Gasteiger partial charge in [-0.15, -0.1) is 0 Å². The zero-order valence-electron chi connectivity index (χ0n) is 8.29. The molecule has 3 atom stereocenters. The number of carboxylic acids is 1. The highest BCUT2D eigenvalue weighted by atomic mass is 16.4. The fourth-order valence-electron chi connectivity index (χ4n) is 1.98. The molecule has 0 aromatic carbocycles. The molecule has 2 nitrogen and oxygen atoms in total. The summed E-state index contributed by atoms with van der Waals surface area (Å²) in [5.74, 6) is 0.0723. The number of hydrogen-bond donors (Lipinski definition) is 1. The SMILES string of the molecule is CC(C(=O)O)C(C)C1CC1(C)C. The van der Waals surface area contributed by atoms with Gasteiger partial charge < -0.3 is 5.11 Å². The monoisotopic (exact) mass is 170 g/mol. The summed E-state index contributed by atoms with van der Waals surface area (Å²) in [6.45, 7) is 8.28. The van der Waals surface area contributed by atoms with Crippen LogP contribution in [0.3, 0.4) is 0 Å². The van der Waals surface area contributed by atoms with Crippen LogP contribution in [0.2, 0.25) is 0 Å². The van der Waals surface area contributed by atoms with Crippen molar-refractivity contribution < 1.29 is 9.90 Å². The number of aliphatic carboxylic acids is 1. The molecule has 70 valence electrons. The first-order chi connectivity index (χ1) is 5.36. The van der Waals surface area contributed by atoms with E-state index in [1.54, 1.807) is 6.92 Å². The molecule has 0 heterocycles. The van der Waals surface area contributed by atoms with E-state index in [2.05, 4.69) is 20.8 Å². The third-order valence-electron chi connectivity index (χ3n) is 3.40.